The number of hydrogen-bond donors (Lipinski definition) is 1. The maximum atomic E-state index is 13.3. The van der Waals surface area contributed by atoms with Crippen LogP contribution in [0.3, 0.4) is 0 Å². The summed E-state index contributed by atoms with van der Waals surface area (Å²) < 4.78 is 27.7. The zero-order chi connectivity index (χ0) is 21.1. The number of carbonyl (C=O) groups excluding carboxylic acids is 1. The summed E-state index contributed by atoms with van der Waals surface area (Å²) in [6.07, 6.45) is 9.05. The number of rotatable bonds is 5. The van der Waals surface area contributed by atoms with Gasteiger partial charge >= 0.3 is 0 Å². The number of benzene rings is 1. The molecule has 1 heterocycles. The Morgan fingerprint density at radius 3 is 2.23 bits per heavy atom. The third-order valence-electron chi connectivity index (χ3n) is 8.29. The van der Waals surface area contributed by atoms with Crippen molar-refractivity contribution in [3.05, 3.63) is 29.3 Å². The van der Waals surface area contributed by atoms with Crippen LogP contribution < -0.4 is 5.32 Å². The normalized spacial score (nSPS) is 36.7. The van der Waals surface area contributed by atoms with E-state index in [-0.39, 0.29) is 22.3 Å². The first-order chi connectivity index (χ1) is 14.3. The molecule has 2 atom stereocenters. The van der Waals surface area contributed by atoms with E-state index in [0.717, 1.165) is 17.8 Å². The molecule has 1 saturated heterocycles. The summed E-state index contributed by atoms with van der Waals surface area (Å²) in [6.45, 7) is 2.53. The molecule has 1 aromatic rings. The first-order valence-electron chi connectivity index (χ1n) is 11.3. The molecule has 1 aromatic carbocycles. The highest BCUT2D eigenvalue weighted by Gasteiger charge is 2.53. The largest absolute Gasteiger partial charge is 0.352 e. The number of hydrogen-bond acceptors (Lipinski definition) is 3. The summed E-state index contributed by atoms with van der Waals surface area (Å²) in [5.41, 5.74) is 0.211. The van der Waals surface area contributed by atoms with Crippen LogP contribution in [-0.4, -0.2) is 37.3 Å². The second-order valence-corrected chi connectivity index (χ2v) is 12.6. The Bertz CT molecular complexity index is 895. The first kappa shape index (κ1) is 20.8. The molecule has 0 radical (unpaired) electrons. The number of halogens is 1. The fourth-order valence-electron chi connectivity index (χ4n) is 7.20. The highest BCUT2D eigenvalue weighted by Crippen LogP contribution is 2.61. The average molecular weight is 451 g/mol. The van der Waals surface area contributed by atoms with Gasteiger partial charge in [-0.2, -0.15) is 4.31 Å². The fraction of sp³-hybridized carbons (Fsp3) is 0.696. The van der Waals surface area contributed by atoms with Gasteiger partial charge in [0.1, 0.15) is 6.04 Å². The minimum absolute atomic E-state index is 0.0964. The molecule has 4 aliphatic carbocycles. The lowest BCUT2D eigenvalue weighted by Gasteiger charge is -2.59. The molecular formula is C23H31ClN2O3S. The van der Waals surface area contributed by atoms with Crippen LogP contribution in [-0.2, 0) is 14.8 Å². The van der Waals surface area contributed by atoms with Gasteiger partial charge in [-0.05, 0) is 106 Å². The Morgan fingerprint density at radius 2 is 1.67 bits per heavy atom. The standard InChI is InChI=1S/C23H31ClN2O3S/c1-15(23-12-16-9-17(13-23)11-18(10-16)14-23)25-22(27)21-3-2-8-26(21)30(28,29)20-6-4-19(24)5-7-20/h4-7,15-18,21H,2-3,8-14H2,1H3,(H,25,27)/t15-,16?,17?,18?,21-,23?/m1/s1. The van der Waals surface area contributed by atoms with E-state index in [9.17, 15) is 13.2 Å². The van der Waals surface area contributed by atoms with Crippen LogP contribution in [0.4, 0.5) is 0 Å². The fourth-order valence-corrected chi connectivity index (χ4v) is 8.98. The average Bonchev–Trinajstić information content (AvgIpc) is 3.18. The number of carbonyl (C=O) groups is 1. The van der Waals surface area contributed by atoms with Gasteiger partial charge in [0.25, 0.3) is 0 Å². The van der Waals surface area contributed by atoms with E-state index in [2.05, 4.69) is 12.2 Å². The van der Waals surface area contributed by atoms with Gasteiger partial charge in [0.15, 0.2) is 0 Å². The lowest BCUT2D eigenvalue weighted by Crippen LogP contribution is -2.58. The maximum absolute atomic E-state index is 13.3. The zero-order valence-electron chi connectivity index (χ0n) is 17.5. The molecule has 1 amide bonds. The van der Waals surface area contributed by atoms with Gasteiger partial charge in [-0.25, -0.2) is 8.42 Å². The lowest BCUT2D eigenvalue weighted by atomic mass is 9.48. The second kappa shape index (κ2) is 7.49. The Balaban J connectivity index is 1.31. The van der Waals surface area contributed by atoms with Gasteiger partial charge in [0, 0.05) is 17.6 Å². The van der Waals surface area contributed by atoms with Gasteiger partial charge < -0.3 is 5.32 Å². The molecule has 5 nitrogen and oxygen atoms in total. The molecule has 164 valence electrons. The molecule has 1 N–H and O–H groups in total. The smallest absolute Gasteiger partial charge is 0.243 e. The van der Waals surface area contributed by atoms with Gasteiger partial charge in [-0.1, -0.05) is 11.6 Å². The summed E-state index contributed by atoms with van der Waals surface area (Å²) in [6, 6.07) is 5.66. The SMILES string of the molecule is C[C@@H](NC(=O)[C@H]1CCCN1S(=O)(=O)c1ccc(Cl)cc1)C12CC3CC(CC(C3)C1)C2. The predicted molar refractivity (Wildman–Crippen MR) is 117 cm³/mol. The third kappa shape index (κ3) is 3.49. The van der Waals surface area contributed by atoms with E-state index in [1.165, 1.54) is 55.0 Å². The molecular weight excluding hydrogens is 420 g/mol. The first-order valence-corrected chi connectivity index (χ1v) is 13.2. The molecule has 4 saturated carbocycles. The van der Waals surface area contributed by atoms with Crippen molar-refractivity contribution in [1.29, 1.82) is 0 Å². The Hall–Kier alpha value is -1.11. The number of amides is 1. The number of nitrogens with one attached hydrogen (secondary N) is 1. The third-order valence-corrected chi connectivity index (χ3v) is 10.5. The van der Waals surface area contributed by atoms with Crippen molar-refractivity contribution in [2.24, 2.45) is 23.2 Å². The van der Waals surface area contributed by atoms with Gasteiger partial charge in [-0.15, -0.1) is 0 Å². The highest BCUT2D eigenvalue weighted by molar-refractivity contribution is 7.89. The summed E-state index contributed by atoms with van der Waals surface area (Å²) in [5.74, 6) is 2.34. The second-order valence-electron chi connectivity index (χ2n) is 10.2. The van der Waals surface area contributed by atoms with E-state index < -0.39 is 16.1 Å². The van der Waals surface area contributed by atoms with Crippen molar-refractivity contribution < 1.29 is 13.2 Å². The summed E-state index contributed by atoms with van der Waals surface area (Å²) >= 11 is 5.91. The van der Waals surface area contributed by atoms with E-state index in [0.29, 0.717) is 24.4 Å². The minimum atomic E-state index is -3.72. The monoisotopic (exact) mass is 450 g/mol. The van der Waals surface area contributed by atoms with Gasteiger partial charge in [0.05, 0.1) is 4.90 Å². The number of nitrogens with zero attached hydrogens (tertiary/aromatic N) is 1. The zero-order valence-corrected chi connectivity index (χ0v) is 19.1. The van der Waals surface area contributed by atoms with Crippen LogP contribution >= 0.6 is 11.6 Å². The van der Waals surface area contributed by atoms with Crippen molar-refractivity contribution in [2.75, 3.05) is 6.54 Å². The molecule has 5 fully saturated rings. The van der Waals surface area contributed by atoms with Crippen molar-refractivity contribution in [1.82, 2.24) is 9.62 Å². The molecule has 1 aliphatic heterocycles. The molecule has 6 rings (SSSR count). The van der Waals surface area contributed by atoms with Crippen molar-refractivity contribution in [2.45, 2.75) is 75.3 Å². The van der Waals surface area contributed by atoms with E-state index in [1.807, 2.05) is 0 Å². The topological polar surface area (TPSA) is 66.5 Å². The molecule has 4 bridgehead atoms. The van der Waals surface area contributed by atoms with Crippen molar-refractivity contribution in [3.8, 4) is 0 Å². The van der Waals surface area contributed by atoms with Crippen LogP contribution in [0.1, 0.15) is 58.3 Å². The predicted octanol–water partition coefficient (Wildman–Crippen LogP) is 4.21. The summed E-state index contributed by atoms with van der Waals surface area (Å²) in [4.78, 5) is 13.4. The molecule has 0 aromatic heterocycles. The van der Waals surface area contributed by atoms with E-state index >= 15 is 0 Å². The molecule has 30 heavy (non-hydrogen) atoms. The minimum Gasteiger partial charge on any atom is -0.352 e. The van der Waals surface area contributed by atoms with E-state index in [1.54, 1.807) is 12.1 Å². The molecule has 0 unspecified atom stereocenters. The van der Waals surface area contributed by atoms with Crippen LogP contribution in [0.15, 0.2) is 29.2 Å². The Morgan fingerprint density at radius 1 is 1.10 bits per heavy atom. The lowest BCUT2D eigenvalue weighted by molar-refractivity contribution is -0.128. The van der Waals surface area contributed by atoms with E-state index in [4.69, 9.17) is 11.6 Å². The quantitative estimate of drug-likeness (QED) is 0.730. The molecule has 5 aliphatic rings. The van der Waals surface area contributed by atoms with Crippen molar-refractivity contribution in [3.63, 3.8) is 0 Å². The summed E-state index contributed by atoms with van der Waals surface area (Å²) in [5, 5.41) is 3.77. The highest BCUT2D eigenvalue weighted by atomic mass is 35.5. The molecule has 0 spiro atoms. The maximum Gasteiger partial charge on any atom is 0.243 e. The van der Waals surface area contributed by atoms with Crippen LogP contribution in [0.5, 0.6) is 0 Å². The van der Waals surface area contributed by atoms with Gasteiger partial charge in [0.2, 0.25) is 15.9 Å². The number of sulfonamides is 1. The summed E-state index contributed by atoms with van der Waals surface area (Å²) in [7, 11) is -3.72. The van der Waals surface area contributed by atoms with Crippen molar-refractivity contribution >= 4 is 27.5 Å². The molecule has 7 heteroatoms. The van der Waals surface area contributed by atoms with Crippen LogP contribution in [0.2, 0.25) is 5.02 Å². The Labute approximate surface area is 184 Å². The van der Waals surface area contributed by atoms with Gasteiger partial charge in [-0.3, -0.25) is 4.79 Å². The van der Waals surface area contributed by atoms with Crippen LogP contribution in [0.25, 0.3) is 0 Å². The van der Waals surface area contributed by atoms with Crippen LogP contribution in [0, 0.1) is 23.2 Å². The Kier molecular flexibility index (Phi) is 5.19.